The minimum Gasteiger partial charge on any atom is -0.373 e. The summed E-state index contributed by atoms with van der Waals surface area (Å²) in [7, 11) is -2.63. The molecule has 0 aliphatic carbocycles. The molecule has 0 fully saturated rings. The van der Waals surface area contributed by atoms with Crippen molar-refractivity contribution in [2.45, 2.75) is 40.2 Å². The summed E-state index contributed by atoms with van der Waals surface area (Å²) < 4.78 is 17.1. The molecule has 0 spiro atoms. The minimum absolute atomic E-state index is 0.577. The van der Waals surface area contributed by atoms with Gasteiger partial charge in [0.2, 0.25) is 0 Å². The van der Waals surface area contributed by atoms with E-state index < -0.39 is 8.80 Å². The lowest BCUT2D eigenvalue weighted by atomic mass is 10.5. The van der Waals surface area contributed by atoms with Crippen molar-refractivity contribution in [3.05, 3.63) is 11.8 Å². The highest BCUT2D eigenvalue weighted by molar-refractivity contribution is 6.60. The second-order valence-electron chi connectivity index (χ2n) is 3.62. The van der Waals surface area contributed by atoms with Gasteiger partial charge in [0.15, 0.2) is 0 Å². The maximum absolute atomic E-state index is 5.72. The summed E-state index contributed by atoms with van der Waals surface area (Å²) in [5.41, 5.74) is 9.36. The monoisotopic (exact) mass is 262 g/mol. The summed E-state index contributed by atoms with van der Waals surface area (Å²) in [4.78, 5) is 0. The van der Waals surface area contributed by atoms with E-state index in [1.54, 1.807) is 0 Å². The van der Waals surface area contributed by atoms with Gasteiger partial charge < -0.3 is 14.6 Å². The largest absolute Gasteiger partial charge is 0.522 e. The molecule has 0 unspecified atom stereocenters. The molecule has 0 atom stereocenters. The van der Waals surface area contributed by atoms with Crippen LogP contribution in [0.1, 0.15) is 34.1 Å². The summed E-state index contributed by atoms with van der Waals surface area (Å²) in [6.07, 6.45) is 2.77. The minimum atomic E-state index is -2.63. The lowest BCUT2D eigenvalue weighted by Gasteiger charge is -2.28. The molecule has 6 heteroatoms. The van der Waals surface area contributed by atoms with Crippen molar-refractivity contribution in [2.75, 3.05) is 19.8 Å². The van der Waals surface area contributed by atoms with Crippen LogP contribution in [0.4, 0.5) is 0 Å². The third-order valence-corrected chi connectivity index (χ3v) is 5.05. The van der Waals surface area contributed by atoms with Crippen molar-refractivity contribution < 1.29 is 13.4 Å². The predicted molar refractivity (Wildman–Crippen MR) is 71.1 cm³/mol. The Morgan fingerprint density at radius 2 is 1.88 bits per heavy atom. The van der Waals surface area contributed by atoms with E-state index in [0.717, 1.165) is 18.2 Å². The quantitative estimate of drug-likeness (QED) is 0.464. The molecule has 0 aliphatic heterocycles. The van der Waals surface area contributed by atoms with Crippen LogP contribution in [0.2, 0.25) is 6.04 Å². The van der Waals surface area contributed by atoms with Crippen LogP contribution in [-0.2, 0) is 13.4 Å². The lowest BCUT2D eigenvalue weighted by Crippen LogP contribution is -2.49. The number of hydrogen-bond donors (Lipinski definition) is 2. The zero-order valence-electron chi connectivity index (χ0n) is 11.4. The summed E-state index contributed by atoms with van der Waals surface area (Å²) >= 11 is 0. The molecule has 0 aromatic heterocycles. The fourth-order valence-corrected chi connectivity index (χ4v) is 3.70. The molecular formula is C11H26N2O3Si. The number of hydrogen-bond acceptors (Lipinski definition) is 5. The zero-order valence-corrected chi connectivity index (χ0v) is 12.4. The standard InChI is InChI=1S/C11H26N2O3Si/c1-5-11(4)13-16-17(14-6-2,15-7-3)10-8-9-12/h5,13H,6-10,12H2,1-4H3. The Balaban J connectivity index is 4.51. The molecular weight excluding hydrogens is 236 g/mol. The number of nitrogens with one attached hydrogen (secondary N) is 1. The van der Waals surface area contributed by atoms with Crippen LogP contribution < -0.4 is 11.2 Å². The molecule has 5 nitrogen and oxygen atoms in total. The van der Waals surface area contributed by atoms with E-state index in [0.29, 0.717) is 19.8 Å². The summed E-state index contributed by atoms with van der Waals surface area (Å²) in [5, 5.41) is 0. The maximum Gasteiger partial charge on any atom is 0.522 e. The van der Waals surface area contributed by atoms with E-state index in [9.17, 15) is 0 Å². The zero-order chi connectivity index (χ0) is 13.1. The highest BCUT2D eigenvalue weighted by Gasteiger charge is 2.41. The Labute approximate surface area is 106 Å². The Morgan fingerprint density at radius 1 is 1.29 bits per heavy atom. The predicted octanol–water partition coefficient (Wildman–Crippen LogP) is 1.79. The molecule has 0 aromatic rings. The topological polar surface area (TPSA) is 65.7 Å². The van der Waals surface area contributed by atoms with Crippen molar-refractivity contribution in [1.29, 1.82) is 0 Å². The third-order valence-electron chi connectivity index (χ3n) is 2.22. The van der Waals surface area contributed by atoms with Gasteiger partial charge in [0.05, 0.1) is 0 Å². The average molecular weight is 262 g/mol. The van der Waals surface area contributed by atoms with Crippen LogP contribution in [0.15, 0.2) is 11.8 Å². The van der Waals surface area contributed by atoms with Gasteiger partial charge in [0.1, 0.15) is 0 Å². The molecule has 3 N–H and O–H groups in total. The Morgan fingerprint density at radius 3 is 2.29 bits per heavy atom. The van der Waals surface area contributed by atoms with Gasteiger partial charge in [-0.3, -0.25) is 10.0 Å². The Bertz CT molecular complexity index is 219. The normalized spacial score (nSPS) is 12.9. The molecule has 102 valence electrons. The van der Waals surface area contributed by atoms with Gasteiger partial charge in [0.25, 0.3) is 0 Å². The van der Waals surface area contributed by atoms with Gasteiger partial charge in [-0.15, -0.1) is 0 Å². The van der Waals surface area contributed by atoms with Gasteiger partial charge >= 0.3 is 8.80 Å². The first-order valence-corrected chi connectivity index (χ1v) is 8.12. The van der Waals surface area contributed by atoms with Gasteiger partial charge in [0, 0.05) is 25.0 Å². The van der Waals surface area contributed by atoms with Crippen LogP contribution in [-0.4, -0.2) is 28.6 Å². The SMILES string of the molecule is CC=C(C)NO[Si](CCCN)(OCC)OCC. The van der Waals surface area contributed by atoms with E-state index in [4.69, 9.17) is 19.1 Å². The van der Waals surface area contributed by atoms with E-state index in [2.05, 4.69) is 5.48 Å². The van der Waals surface area contributed by atoms with Crippen molar-refractivity contribution in [3.63, 3.8) is 0 Å². The van der Waals surface area contributed by atoms with Crippen LogP contribution in [0.25, 0.3) is 0 Å². The highest BCUT2D eigenvalue weighted by Crippen LogP contribution is 2.17. The van der Waals surface area contributed by atoms with Crippen molar-refractivity contribution in [2.24, 2.45) is 5.73 Å². The van der Waals surface area contributed by atoms with Crippen molar-refractivity contribution >= 4 is 8.80 Å². The molecule has 0 radical (unpaired) electrons. The van der Waals surface area contributed by atoms with Crippen molar-refractivity contribution in [1.82, 2.24) is 5.48 Å². The smallest absolute Gasteiger partial charge is 0.373 e. The number of rotatable bonds is 10. The van der Waals surface area contributed by atoms with Crippen LogP contribution >= 0.6 is 0 Å². The van der Waals surface area contributed by atoms with Gasteiger partial charge in [-0.1, -0.05) is 6.08 Å². The fraction of sp³-hybridized carbons (Fsp3) is 0.818. The van der Waals surface area contributed by atoms with Crippen LogP contribution in [0.3, 0.4) is 0 Å². The molecule has 0 rings (SSSR count). The van der Waals surface area contributed by atoms with Gasteiger partial charge in [-0.2, -0.15) is 0 Å². The fourth-order valence-electron chi connectivity index (χ4n) is 1.27. The third kappa shape index (κ3) is 6.80. The number of hydroxylamine groups is 1. The second kappa shape index (κ2) is 9.61. The van der Waals surface area contributed by atoms with E-state index in [-0.39, 0.29) is 0 Å². The lowest BCUT2D eigenvalue weighted by molar-refractivity contribution is 0.0355. The van der Waals surface area contributed by atoms with Gasteiger partial charge in [-0.05, 0) is 40.7 Å². The summed E-state index contributed by atoms with van der Waals surface area (Å²) in [6, 6.07) is 0.731. The Kier molecular flexibility index (Phi) is 9.38. The molecule has 0 saturated carbocycles. The summed E-state index contributed by atoms with van der Waals surface area (Å²) in [5.74, 6) is 0. The maximum atomic E-state index is 5.72. The summed E-state index contributed by atoms with van der Waals surface area (Å²) in [6.45, 7) is 9.52. The Hall–Kier alpha value is -0.403. The molecule has 0 aromatic carbocycles. The molecule has 0 saturated heterocycles. The molecule has 0 heterocycles. The average Bonchev–Trinajstić information content (AvgIpc) is 2.34. The second-order valence-corrected chi connectivity index (χ2v) is 6.26. The molecule has 0 bridgehead atoms. The van der Waals surface area contributed by atoms with Crippen molar-refractivity contribution in [3.8, 4) is 0 Å². The highest BCUT2D eigenvalue weighted by atomic mass is 28.4. The molecule has 0 amide bonds. The van der Waals surface area contributed by atoms with E-state index >= 15 is 0 Å². The first-order valence-electron chi connectivity index (χ1n) is 6.19. The van der Waals surface area contributed by atoms with E-state index in [1.165, 1.54) is 0 Å². The van der Waals surface area contributed by atoms with Gasteiger partial charge in [-0.25, -0.2) is 0 Å². The van der Waals surface area contributed by atoms with Crippen LogP contribution in [0, 0.1) is 0 Å². The number of nitrogens with two attached hydrogens (primary N) is 1. The molecule has 17 heavy (non-hydrogen) atoms. The van der Waals surface area contributed by atoms with Crippen LogP contribution in [0.5, 0.6) is 0 Å². The number of allylic oxidation sites excluding steroid dienone is 2. The molecule has 0 aliphatic rings. The van der Waals surface area contributed by atoms with E-state index in [1.807, 2.05) is 33.8 Å². The first kappa shape index (κ1) is 16.6. The first-order chi connectivity index (χ1) is 8.14.